The molecule has 1 rings (SSSR count). The molecule has 1 aliphatic carbocycles. The first-order valence-electron chi connectivity index (χ1n) is 6.28. The molecule has 0 heterocycles. The summed E-state index contributed by atoms with van der Waals surface area (Å²) in [6, 6.07) is 1.13. The van der Waals surface area contributed by atoms with Gasteiger partial charge in [0.15, 0.2) is 0 Å². The fraction of sp³-hybridized carbons (Fsp3) is 0.714. The first-order chi connectivity index (χ1) is 7.20. The lowest BCUT2D eigenvalue weighted by atomic mass is 9.83. The maximum absolute atomic E-state index is 10.5. The molecular formula is C14H26OSi. The van der Waals surface area contributed by atoms with Gasteiger partial charge < -0.3 is 5.11 Å². The second kappa shape index (κ2) is 4.88. The van der Waals surface area contributed by atoms with Crippen LogP contribution in [-0.4, -0.2) is 18.8 Å². The topological polar surface area (TPSA) is 20.2 Å². The van der Waals surface area contributed by atoms with Crippen LogP contribution in [0.5, 0.6) is 0 Å². The molecule has 0 spiro atoms. The zero-order valence-electron chi connectivity index (χ0n) is 11.3. The normalized spacial score (nSPS) is 26.4. The fourth-order valence-electron chi connectivity index (χ4n) is 2.66. The van der Waals surface area contributed by atoms with Gasteiger partial charge in [-0.15, -0.1) is 6.58 Å². The third kappa shape index (κ3) is 4.66. The summed E-state index contributed by atoms with van der Waals surface area (Å²) < 4.78 is 0. The predicted octanol–water partition coefficient (Wildman–Crippen LogP) is 4.13. The standard InChI is InChI=1S/C14H26OSi/c1-12-7-6-8-14(15,9-12)10-13(2)11-16(3,4)5/h9,15H,2,6-8,10-11H2,1,3-5H3. The Morgan fingerprint density at radius 3 is 2.62 bits per heavy atom. The number of hydrogen-bond donors (Lipinski definition) is 1. The van der Waals surface area contributed by atoms with E-state index >= 15 is 0 Å². The van der Waals surface area contributed by atoms with Crippen molar-refractivity contribution in [3.63, 3.8) is 0 Å². The Balaban J connectivity index is 2.59. The first-order valence-corrected chi connectivity index (χ1v) is 9.98. The maximum Gasteiger partial charge on any atom is 0.0867 e. The molecule has 1 nitrogen and oxygen atoms in total. The van der Waals surface area contributed by atoms with Crippen molar-refractivity contribution in [2.75, 3.05) is 0 Å². The van der Waals surface area contributed by atoms with E-state index in [1.54, 1.807) is 0 Å². The van der Waals surface area contributed by atoms with Gasteiger partial charge in [-0.2, -0.15) is 0 Å². The first kappa shape index (κ1) is 13.7. The average molecular weight is 238 g/mol. The molecule has 0 saturated carbocycles. The van der Waals surface area contributed by atoms with Crippen LogP contribution >= 0.6 is 0 Å². The van der Waals surface area contributed by atoms with Crippen LogP contribution in [0.3, 0.4) is 0 Å². The molecule has 0 radical (unpaired) electrons. The highest BCUT2D eigenvalue weighted by atomic mass is 28.3. The van der Waals surface area contributed by atoms with E-state index in [4.69, 9.17) is 0 Å². The molecule has 0 bridgehead atoms. The van der Waals surface area contributed by atoms with Crippen LogP contribution in [0.1, 0.15) is 32.6 Å². The molecule has 1 atom stereocenters. The Morgan fingerprint density at radius 2 is 2.12 bits per heavy atom. The summed E-state index contributed by atoms with van der Waals surface area (Å²) in [6.07, 6.45) is 5.97. The SMILES string of the molecule is C=C(CC1(O)C=C(C)CCC1)C[Si](C)(C)C. The van der Waals surface area contributed by atoms with Crippen LogP contribution in [0.2, 0.25) is 25.7 Å². The van der Waals surface area contributed by atoms with E-state index in [-0.39, 0.29) is 0 Å². The summed E-state index contributed by atoms with van der Waals surface area (Å²) in [6.45, 7) is 13.3. The van der Waals surface area contributed by atoms with Gasteiger partial charge in [0, 0.05) is 14.5 Å². The van der Waals surface area contributed by atoms with Gasteiger partial charge in [0.2, 0.25) is 0 Å². The van der Waals surface area contributed by atoms with Gasteiger partial charge in [-0.1, -0.05) is 36.9 Å². The zero-order valence-corrected chi connectivity index (χ0v) is 12.3. The summed E-state index contributed by atoms with van der Waals surface area (Å²) in [5.74, 6) is 0. The number of rotatable bonds is 4. The van der Waals surface area contributed by atoms with Crippen LogP contribution in [0, 0.1) is 0 Å². The molecule has 1 unspecified atom stereocenters. The molecule has 0 aliphatic heterocycles. The minimum atomic E-state index is -1.09. The van der Waals surface area contributed by atoms with Crippen molar-refractivity contribution in [2.45, 2.75) is 63.9 Å². The molecule has 92 valence electrons. The number of allylic oxidation sites excluding steroid dienone is 1. The van der Waals surface area contributed by atoms with Gasteiger partial charge in [0.05, 0.1) is 5.60 Å². The lowest BCUT2D eigenvalue weighted by Crippen LogP contribution is -2.30. The van der Waals surface area contributed by atoms with E-state index < -0.39 is 13.7 Å². The second-order valence-electron chi connectivity index (χ2n) is 6.61. The van der Waals surface area contributed by atoms with Crippen LogP contribution in [-0.2, 0) is 0 Å². The summed E-state index contributed by atoms with van der Waals surface area (Å²) in [7, 11) is -1.09. The molecule has 16 heavy (non-hydrogen) atoms. The molecule has 0 amide bonds. The van der Waals surface area contributed by atoms with Crippen LogP contribution in [0.4, 0.5) is 0 Å². The summed E-state index contributed by atoms with van der Waals surface area (Å²) in [4.78, 5) is 0. The summed E-state index contributed by atoms with van der Waals surface area (Å²) >= 11 is 0. The minimum absolute atomic E-state index is 0.598. The van der Waals surface area contributed by atoms with Crippen LogP contribution < -0.4 is 0 Å². The van der Waals surface area contributed by atoms with Crippen molar-refractivity contribution in [3.05, 3.63) is 23.8 Å². The van der Waals surface area contributed by atoms with Crippen molar-refractivity contribution in [3.8, 4) is 0 Å². The third-order valence-electron chi connectivity index (χ3n) is 3.03. The molecule has 1 N–H and O–H groups in total. The predicted molar refractivity (Wildman–Crippen MR) is 74.5 cm³/mol. The Kier molecular flexibility index (Phi) is 4.19. The van der Waals surface area contributed by atoms with E-state index in [1.807, 2.05) is 0 Å². The monoisotopic (exact) mass is 238 g/mol. The van der Waals surface area contributed by atoms with E-state index in [1.165, 1.54) is 11.1 Å². The second-order valence-corrected chi connectivity index (χ2v) is 12.1. The highest BCUT2D eigenvalue weighted by molar-refractivity contribution is 6.76. The number of hydrogen-bond acceptors (Lipinski definition) is 1. The van der Waals surface area contributed by atoms with Gasteiger partial charge in [-0.25, -0.2) is 0 Å². The molecule has 0 fully saturated rings. The summed E-state index contributed by atoms with van der Waals surface area (Å²) in [5, 5.41) is 10.5. The van der Waals surface area contributed by atoms with E-state index in [2.05, 4.69) is 39.2 Å². The van der Waals surface area contributed by atoms with E-state index in [9.17, 15) is 5.11 Å². The average Bonchev–Trinajstić information content (AvgIpc) is 1.96. The Hall–Kier alpha value is -0.343. The molecular weight excluding hydrogens is 212 g/mol. The lowest BCUT2D eigenvalue weighted by Gasteiger charge is -2.31. The molecule has 1 aliphatic rings. The van der Waals surface area contributed by atoms with Crippen molar-refractivity contribution in [2.24, 2.45) is 0 Å². The van der Waals surface area contributed by atoms with E-state index in [0.717, 1.165) is 31.7 Å². The highest BCUT2D eigenvalue weighted by Gasteiger charge is 2.28. The Bertz CT molecular complexity index is 298. The lowest BCUT2D eigenvalue weighted by molar-refractivity contribution is 0.0735. The third-order valence-corrected chi connectivity index (χ3v) is 4.59. The number of aliphatic hydroxyl groups is 1. The fourth-order valence-corrected chi connectivity index (χ4v) is 4.29. The smallest absolute Gasteiger partial charge is 0.0867 e. The van der Waals surface area contributed by atoms with Gasteiger partial charge in [0.1, 0.15) is 0 Å². The molecule has 0 saturated heterocycles. The van der Waals surface area contributed by atoms with Crippen molar-refractivity contribution < 1.29 is 5.11 Å². The quantitative estimate of drug-likeness (QED) is 0.577. The minimum Gasteiger partial charge on any atom is -0.385 e. The largest absolute Gasteiger partial charge is 0.385 e. The zero-order chi connectivity index (χ0) is 12.4. The van der Waals surface area contributed by atoms with Crippen LogP contribution in [0.25, 0.3) is 0 Å². The Morgan fingerprint density at radius 1 is 1.50 bits per heavy atom. The van der Waals surface area contributed by atoms with Crippen molar-refractivity contribution in [1.29, 1.82) is 0 Å². The molecule has 0 aromatic heterocycles. The highest BCUT2D eigenvalue weighted by Crippen LogP contribution is 2.33. The molecule has 2 heteroatoms. The Labute approximate surface area is 101 Å². The van der Waals surface area contributed by atoms with Crippen molar-refractivity contribution in [1.82, 2.24) is 0 Å². The molecule has 0 aromatic rings. The van der Waals surface area contributed by atoms with Gasteiger partial charge in [-0.3, -0.25) is 0 Å². The van der Waals surface area contributed by atoms with Crippen LogP contribution in [0.15, 0.2) is 23.8 Å². The summed E-state index contributed by atoms with van der Waals surface area (Å²) in [5.41, 5.74) is 1.96. The molecule has 0 aromatic carbocycles. The van der Waals surface area contributed by atoms with Gasteiger partial charge in [0.25, 0.3) is 0 Å². The van der Waals surface area contributed by atoms with Gasteiger partial charge in [-0.05, 0) is 32.2 Å². The van der Waals surface area contributed by atoms with Crippen molar-refractivity contribution >= 4 is 8.07 Å². The van der Waals surface area contributed by atoms with Gasteiger partial charge >= 0.3 is 0 Å². The van der Waals surface area contributed by atoms with E-state index in [0.29, 0.717) is 0 Å². The maximum atomic E-state index is 10.5.